The van der Waals surface area contributed by atoms with Crippen LogP contribution in [0.25, 0.3) is 0 Å². The van der Waals surface area contributed by atoms with E-state index in [1.54, 1.807) is 7.11 Å². The number of amides is 1. The van der Waals surface area contributed by atoms with Crippen molar-refractivity contribution < 1.29 is 9.53 Å². The molecule has 140 valence electrons. The fourth-order valence-corrected chi connectivity index (χ4v) is 3.40. The minimum atomic E-state index is -0.0411. The van der Waals surface area contributed by atoms with E-state index in [2.05, 4.69) is 46.5 Å². The topological polar surface area (TPSA) is 50.4 Å². The Morgan fingerprint density at radius 1 is 1.19 bits per heavy atom. The van der Waals surface area contributed by atoms with Crippen LogP contribution in [0.3, 0.4) is 0 Å². The molecule has 0 bridgehead atoms. The summed E-state index contributed by atoms with van der Waals surface area (Å²) in [5.41, 5.74) is 4.25. The first-order chi connectivity index (χ1) is 12.3. The lowest BCUT2D eigenvalue weighted by atomic mass is 9.98. The molecule has 0 aliphatic heterocycles. The molecular weight excluding hydrogens is 392 g/mol. The number of carbonyl (C=O) groups excluding carboxylic acids is 1. The Labute approximate surface area is 164 Å². The lowest BCUT2D eigenvalue weighted by Crippen LogP contribution is -2.30. The van der Waals surface area contributed by atoms with Gasteiger partial charge in [0.2, 0.25) is 5.91 Å². The smallest absolute Gasteiger partial charge is 0.238 e. The molecule has 0 radical (unpaired) electrons. The largest absolute Gasteiger partial charge is 0.496 e. The number of halogens is 1. The highest BCUT2D eigenvalue weighted by Gasteiger charge is 2.14. The molecule has 0 aliphatic carbocycles. The average molecular weight is 419 g/mol. The van der Waals surface area contributed by atoms with Crippen LogP contribution in [-0.4, -0.2) is 19.6 Å². The Morgan fingerprint density at radius 3 is 2.54 bits per heavy atom. The maximum atomic E-state index is 12.4. The number of nitrogens with one attached hydrogen (secondary N) is 2. The van der Waals surface area contributed by atoms with E-state index in [-0.39, 0.29) is 18.5 Å². The van der Waals surface area contributed by atoms with Gasteiger partial charge in [0, 0.05) is 11.7 Å². The van der Waals surface area contributed by atoms with Gasteiger partial charge in [0.15, 0.2) is 0 Å². The van der Waals surface area contributed by atoms with E-state index in [0.717, 1.165) is 32.6 Å². The number of carbonyl (C=O) groups is 1. The summed E-state index contributed by atoms with van der Waals surface area (Å²) < 4.78 is 6.15. The first-order valence-electron chi connectivity index (χ1n) is 8.79. The monoisotopic (exact) mass is 418 g/mol. The minimum absolute atomic E-state index is 0.0411. The van der Waals surface area contributed by atoms with Gasteiger partial charge in [0.05, 0.1) is 18.1 Å². The summed E-state index contributed by atoms with van der Waals surface area (Å²) in [5.74, 6) is 1.11. The van der Waals surface area contributed by atoms with E-state index >= 15 is 0 Å². The molecule has 0 saturated heterocycles. The van der Waals surface area contributed by atoms with Gasteiger partial charge in [0.1, 0.15) is 5.75 Å². The summed E-state index contributed by atoms with van der Waals surface area (Å²) in [4.78, 5) is 12.4. The van der Waals surface area contributed by atoms with Crippen molar-refractivity contribution in [3.8, 4) is 5.75 Å². The number of ether oxygens (including phenoxy) is 1. The lowest BCUT2D eigenvalue weighted by molar-refractivity contribution is -0.115. The van der Waals surface area contributed by atoms with Crippen LogP contribution < -0.4 is 15.4 Å². The molecule has 0 saturated carbocycles. The molecule has 0 aliphatic rings. The minimum Gasteiger partial charge on any atom is -0.496 e. The van der Waals surface area contributed by atoms with E-state index in [0.29, 0.717) is 5.92 Å². The van der Waals surface area contributed by atoms with Gasteiger partial charge in [-0.1, -0.05) is 38.1 Å². The van der Waals surface area contributed by atoms with E-state index in [1.165, 1.54) is 0 Å². The molecule has 4 nitrogen and oxygen atoms in total. The van der Waals surface area contributed by atoms with Gasteiger partial charge in [-0.2, -0.15) is 0 Å². The highest BCUT2D eigenvalue weighted by Crippen LogP contribution is 2.28. The first-order valence-corrected chi connectivity index (χ1v) is 9.59. The average Bonchev–Trinajstić information content (AvgIpc) is 2.61. The van der Waals surface area contributed by atoms with Crippen LogP contribution in [0.5, 0.6) is 5.75 Å². The summed E-state index contributed by atoms with van der Waals surface area (Å²) in [6, 6.07) is 12.1. The van der Waals surface area contributed by atoms with Crippen molar-refractivity contribution in [1.82, 2.24) is 5.32 Å². The second-order valence-corrected chi connectivity index (χ2v) is 7.59. The molecular formula is C21H27BrN2O2. The molecule has 1 atom stereocenters. The van der Waals surface area contributed by atoms with E-state index in [1.807, 2.05) is 44.2 Å². The number of hydrogen-bond donors (Lipinski definition) is 2. The molecule has 0 unspecified atom stereocenters. The van der Waals surface area contributed by atoms with E-state index < -0.39 is 0 Å². The zero-order valence-electron chi connectivity index (χ0n) is 16.0. The molecule has 2 N–H and O–H groups in total. The highest BCUT2D eigenvalue weighted by atomic mass is 79.9. The van der Waals surface area contributed by atoms with Crippen molar-refractivity contribution >= 4 is 27.5 Å². The second kappa shape index (κ2) is 9.19. The SMILES string of the molecule is COc1ccc([C@H](C)NCC(=O)Nc2c(C)cccc2C(C)C)cc1Br. The Bertz CT molecular complexity index is 775. The summed E-state index contributed by atoms with van der Waals surface area (Å²) >= 11 is 3.50. The molecule has 1 amide bonds. The number of benzene rings is 2. The Balaban J connectivity index is 2.00. The molecule has 2 aromatic carbocycles. The van der Waals surface area contributed by atoms with Crippen LogP contribution in [0, 0.1) is 6.92 Å². The van der Waals surface area contributed by atoms with Gasteiger partial charge >= 0.3 is 0 Å². The van der Waals surface area contributed by atoms with Crippen molar-refractivity contribution in [1.29, 1.82) is 0 Å². The number of para-hydroxylation sites is 1. The van der Waals surface area contributed by atoms with Gasteiger partial charge in [-0.15, -0.1) is 0 Å². The van der Waals surface area contributed by atoms with Crippen molar-refractivity contribution in [2.24, 2.45) is 0 Å². The van der Waals surface area contributed by atoms with Crippen molar-refractivity contribution in [3.05, 3.63) is 57.6 Å². The fraction of sp³-hybridized carbons (Fsp3) is 0.381. The molecule has 0 fully saturated rings. The molecule has 2 aromatic rings. The first kappa shape index (κ1) is 20.5. The van der Waals surface area contributed by atoms with Crippen LogP contribution >= 0.6 is 15.9 Å². The normalized spacial score (nSPS) is 12.1. The third-order valence-electron chi connectivity index (χ3n) is 4.44. The van der Waals surface area contributed by atoms with Crippen molar-refractivity contribution in [2.45, 2.75) is 39.7 Å². The maximum Gasteiger partial charge on any atom is 0.238 e. The van der Waals surface area contributed by atoms with Crippen LogP contribution in [0.2, 0.25) is 0 Å². The predicted molar refractivity (Wildman–Crippen MR) is 111 cm³/mol. The Morgan fingerprint density at radius 2 is 1.92 bits per heavy atom. The highest BCUT2D eigenvalue weighted by molar-refractivity contribution is 9.10. The zero-order chi connectivity index (χ0) is 19.3. The Hall–Kier alpha value is -1.85. The van der Waals surface area contributed by atoms with Crippen LogP contribution in [0.1, 0.15) is 49.4 Å². The molecule has 26 heavy (non-hydrogen) atoms. The van der Waals surface area contributed by atoms with Gasteiger partial charge in [0.25, 0.3) is 0 Å². The van der Waals surface area contributed by atoms with Gasteiger partial charge < -0.3 is 15.4 Å². The lowest BCUT2D eigenvalue weighted by Gasteiger charge is -2.18. The number of rotatable bonds is 7. The van der Waals surface area contributed by atoms with Crippen LogP contribution in [0.15, 0.2) is 40.9 Å². The number of anilines is 1. The number of aryl methyl sites for hydroxylation is 1. The van der Waals surface area contributed by atoms with Crippen LogP contribution in [-0.2, 0) is 4.79 Å². The fourth-order valence-electron chi connectivity index (χ4n) is 2.84. The maximum absolute atomic E-state index is 12.4. The number of hydrogen-bond acceptors (Lipinski definition) is 3. The van der Waals surface area contributed by atoms with E-state index in [4.69, 9.17) is 4.74 Å². The van der Waals surface area contributed by atoms with Crippen molar-refractivity contribution in [3.63, 3.8) is 0 Å². The molecule has 5 heteroatoms. The summed E-state index contributed by atoms with van der Waals surface area (Å²) in [5, 5.41) is 6.34. The summed E-state index contributed by atoms with van der Waals surface area (Å²) in [6.07, 6.45) is 0. The Kier molecular flexibility index (Phi) is 7.23. The molecule has 0 aromatic heterocycles. The van der Waals surface area contributed by atoms with Gasteiger partial charge in [-0.25, -0.2) is 0 Å². The number of methoxy groups -OCH3 is 1. The molecule has 2 rings (SSSR count). The second-order valence-electron chi connectivity index (χ2n) is 6.74. The van der Waals surface area contributed by atoms with Crippen LogP contribution in [0.4, 0.5) is 5.69 Å². The third-order valence-corrected chi connectivity index (χ3v) is 5.06. The van der Waals surface area contributed by atoms with Crippen molar-refractivity contribution in [2.75, 3.05) is 19.0 Å². The summed E-state index contributed by atoms with van der Waals surface area (Å²) in [6.45, 7) is 8.57. The zero-order valence-corrected chi connectivity index (χ0v) is 17.6. The molecule has 0 heterocycles. The summed E-state index contributed by atoms with van der Waals surface area (Å²) in [7, 11) is 1.64. The van der Waals surface area contributed by atoms with E-state index in [9.17, 15) is 4.79 Å². The van der Waals surface area contributed by atoms with Gasteiger partial charge in [-0.05, 0) is 64.5 Å². The third kappa shape index (κ3) is 5.08. The molecule has 0 spiro atoms. The van der Waals surface area contributed by atoms with Gasteiger partial charge in [-0.3, -0.25) is 4.79 Å². The quantitative estimate of drug-likeness (QED) is 0.650. The predicted octanol–water partition coefficient (Wildman–Crippen LogP) is 5.18. The standard InChI is InChI=1S/C21H27BrN2O2/c1-13(2)17-8-6-7-14(3)21(17)24-20(25)12-23-15(4)16-9-10-19(26-5)18(22)11-16/h6-11,13,15,23H,12H2,1-5H3,(H,24,25)/t15-/m0/s1.